The number of hydrogen-bond donors (Lipinski definition) is 1. The first-order valence-corrected chi connectivity index (χ1v) is 7.82. The second kappa shape index (κ2) is 6.13. The predicted octanol–water partition coefficient (Wildman–Crippen LogP) is 2.33. The fraction of sp³-hybridized carbons (Fsp3) is 0.875. The van der Waals surface area contributed by atoms with E-state index >= 15 is 0 Å². The Bertz CT molecular complexity index is 390. The van der Waals surface area contributed by atoms with Gasteiger partial charge in [-0.3, -0.25) is 4.79 Å². The minimum absolute atomic E-state index is 0.0484. The van der Waals surface area contributed by atoms with Gasteiger partial charge in [-0.1, -0.05) is 26.7 Å². The van der Waals surface area contributed by atoms with Crippen LogP contribution in [-0.2, 0) is 4.79 Å². The zero-order valence-corrected chi connectivity index (χ0v) is 12.6. The van der Waals surface area contributed by atoms with Gasteiger partial charge in [-0.15, -0.1) is 0 Å². The molecule has 20 heavy (non-hydrogen) atoms. The molecule has 0 bridgehead atoms. The van der Waals surface area contributed by atoms with Crippen molar-refractivity contribution in [1.82, 2.24) is 4.90 Å². The van der Waals surface area contributed by atoms with E-state index in [2.05, 4.69) is 6.07 Å². The van der Waals surface area contributed by atoms with Crippen molar-refractivity contribution in [3.8, 4) is 6.07 Å². The van der Waals surface area contributed by atoms with Gasteiger partial charge in [0.05, 0.1) is 11.5 Å². The van der Waals surface area contributed by atoms with Crippen molar-refractivity contribution in [2.45, 2.75) is 58.4 Å². The number of aliphatic hydroxyl groups is 1. The highest BCUT2D eigenvalue weighted by atomic mass is 16.3. The molecule has 1 saturated heterocycles. The second-order valence-electron chi connectivity index (χ2n) is 6.90. The molecule has 1 saturated carbocycles. The third-order valence-corrected chi connectivity index (χ3v) is 5.27. The molecule has 2 aliphatic rings. The van der Waals surface area contributed by atoms with E-state index in [1.54, 1.807) is 0 Å². The molecule has 1 amide bonds. The van der Waals surface area contributed by atoms with E-state index in [4.69, 9.17) is 5.26 Å². The molecule has 4 heteroatoms. The van der Waals surface area contributed by atoms with Crippen molar-refractivity contribution in [3.05, 3.63) is 0 Å². The second-order valence-corrected chi connectivity index (χ2v) is 6.90. The van der Waals surface area contributed by atoms with Gasteiger partial charge in [-0.05, 0) is 25.7 Å². The first-order chi connectivity index (χ1) is 9.50. The van der Waals surface area contributed by atoms with Gasteiger partial charge in [-0.2, -0.15) is 5.26 Å². The maximum Gasteiger partial charge on any atom is 0.228 e. The molecule has 0 spiro atoms. The van der Waals surface area contributed by atoms with E-state index in [0.717, 1.165) is 38.5 Å². The quantitative estimate of drug-likeness (QED) is 0.843. The van der Waals surface area contributed by atoms with Crippen LogP contribution < -0.4 is 0 Å². The van der Waals surface area contributed by atoms with Crippen molar-refractivity contribution in [1.29, 1.82) is 5.26 Å². The Morgan fingerprint density at radius 1 is 1.30 bits per heavy atom. The Balaban J connectivity index is 2.02. The molecule has 1 aliphatic heterocycles. The zero-order chi connectivity index (χ0) is 14.8. The van der Waals surface area contributed by atoms with E-state index in [1.165, 1.54) is 0 Å². The number of aliphatic hydroxyl groups excluding tert-OH is 1. The van der Waals surface area contributed by atoms with Crippen LogP contribution in [0.15, 0.2) is 0 Å². The molecular formula is C16H26N2O2. The van der Waals surface area contributed by atoms with Gasteiger partial charge >= 0.3 is 0 Å². The van der Waals surface area contributed by atoms with E-state index in [-0.39, 0.29) is 24.3 Å². The van der Waals surface area contributed by atoms with Gasteiger partial charge in [0.25, 0.3) is 0 Å². The summed E-state index contributed by atoms with van der Waals surface area (Å²) in [6.45, 7) is 4.67. The van der Waals surface area contributed by atoms with Crippen LogP contribution in [0.4, 0.5) is 0 Å². The first kappa shape index (κ1) is 15.3. The number of amides is 1. The molecule has 0 radical (unpaired) electrons. The molecule has 0 aromatic rings. The smallest absolute Gasteiger partial charge is 0.228 e. The summed E-state index contributed by atoms with van der Waals surface area (Å²) in [6.07, 6.45) is 5.97. The molecule has 112 valence electrons. The van der Waals surface area contributed by atoms with Crippen molar-refractivity contribution in [2.75, 3.05) is 13.2 Å². The Morgan fingerprint density at radius 3 is 2.35 bits per heavy atom. The lowest BCUT2D eigenvalue weighted by Gasteiger charge is -2.31. The fourth-order valence-corrected chi connectivity index (χ4v) is 3.62. The van der Waals surface area contributed by atoms with E-state index < -0.39 is 5.41 Å². The first-order valence-electron chi connectivity index (χ1n) is 7.82. The summed E-state index contributed by atoms with van der Waals surface area (Å²) in [4.78, 5) is 14.6. The molecule has 1 aliphatic carbocycles. The molecule has 4 nitrogen and oxygen atoms in total. The van der Waals surface area contributed by atoms with Crippen LogP contribution in [0.2, 0.25) is 0 Å². The molecule has 1 atom stereocenters. The number of carbonyl (C=O) groups is 1. The number of nitrogens with zero attached hydrogens (tertiary/aromatic N) is 2. The van der Waals surface area contributed by atoms with Crippen molar-refractivity contribution < 1.29 is 9.90 Å². The summed E-state index contributed by atoms with van der Waals surface area (Å²) >= 11 is 0. The zero-order valence-electron chi connectivity index (χ0n) is 12.6. The number of likely N-dealkylation sites (tertiary alicyclic amines) is 1. The van der Waals surface area contributed by atoms with Gasteiger partial charge in [0.1, 0.15) is 0 Å². The molecule has 2 fully saturated rings. The van der Waals surface area contributed by atoms with Gasteiger partial charge < -0.3 is 10.0 Å². The third kappa shape index (κ3) is 2.83. The van der Waals surface area contributed by atoms with Crippen LogP contribution in [-0.4, -0.2) is 35.1 Å². The highest BCUT2D eigenvalue weighted by Gasteiger charge is 2.48. The average molecular weight is 278 g/mol. The molecule has 0 aromatic heterocycles. The lowest BCUT2D eigenvalue weighted by atomic mass is 9.82. The summed E-state index contributed by atoms with van der Waals surface area (Å²) in [5.74, 6) is 0.443. The summed E-state index contributed by atoms with van der Waals surface area (Å²) in [5.41, 5.74) is -0.438. The van der Waals surface area contributed by atoms with Crippen LogP contribution in [0.3, 0.4) is 0 Å². The van der Waals surface area contributed by atoms with Gasteiger partial charge in [0, 0.05) is 31.0 Å². The summed E-state index contributed by atoms with van der Waals surface area (Å²) in [7, 11) is 0. The lowest BCUT2D eigenvalue weighted by molar-refractivity contribution is -0.137. The number of carbonyl (C=O) groups excluding carboxylic acids is 1. The Kier molecular flexibility index (Phi) is 4.70. The molecule has 1 unspecified atom stereocenters. The highest BCUT2D eigenvalue weighted by molar-refractivity contribution is 5.85. The number of nitriles is 1. The monoisotopic (exact) mass is 278 g/mol. The third-order valence-electron chi connectivity index (χ3n) is 5.27. The van der Waals surface area contributed by atoms with Crippen molar-refractivity contribution in [3.63, 3.8) is 0 Å². The summed E-state index contributed by atoms with van der Waals surface area (Å²) < 4.78 is 0. The minimum Gasteiger partial charge on any atom is -0.396 e. The van der Waals surface area contributed by atoms with Crippen LogP contribution in [0.1, 0.15) is 52.4 Å². The Morgan fingerprint density at radius 2 is 1.90 bits per heavy atom. The van der Waals surface area contributed by atoms with Crippen LogP contribution in [0, 0.1) is 28.6 Å². The molecule has 1 heterocycles. The van der Waals surface area contributed by atoms with Crippen LogP contribution >= 0.6 is 0 Å². The van der Waals surface area contributed by atoms with Crippen molar-refractivity contribution in [2.24, 2.45) is 17.3 Å². The SMILES string of the molecule is CC1(C)C(=O)N(C2CCCC(C#N)CCC2)CC1CO. The van der Waals surface area contributed by atoms with Crippen LogP contribution in [0.25, 0.3) is 0 Å². The molecular weight excluding hydrogens is 252 g/mol. The molecule has 2 rings (SSSR count). The van der Waals surface area contributed by atoms with Gasteiger partial charge in [-0.25, -0.2) is 0 Å². The Labute approximate surface area is 121 Å². The van der Waals surface area contributed by atoms with Gasteiger partial charge in [0.15, 0.2) is 0 Å². The topological polar surface area (TPSA) is 64.3 Å². The van der Waals surface area contributed by atoms with E-state index in [1.807, 2.05) is 18.7 Å². The minimum atomic E-state index is -0.438. The normalized spacial score (nSPS) is 34.4. The summed E-state index contributed by atoms with van der Waals surface area (Å²) in [6, 6.07) is 2.68. The largest absolute Gasteiger partial charge is 0.396 e. The molecule has 0 aromatic carbocycles. The van der Waals surface area contributed by atoms with E-state index in [0.29, 0.717) is 12.6 Å². The van der Waals surface area contributed by atoms with E-state index in [9.17, 15) is 9.90 Å². The average Bonchev–Trinajstić information content (AvgIpc) is 2.61. The molecule has 1 N–H and O–H groups in total. The fourth-order valence-electron chi connectivity index (χ4n) is 3.62. The Hall–Kier alpha value is -1.08. The standard InChI is InChI=1S/C16H26N2O2/c1-16(2)13(11-19)10-18(15(16)20)14-7-3-5-12(9-17)6-4-8-14/h12-14,19H,3-8,10-11H2,1-2H3. The van der Waals surface area contributed by atoms with Crippen molar-refractivity contribution >= 4 is 5.91 Å². The maximum absolute atomic E-state index is 12.6. The number of hydrogen-bond acceptors (Lipinski definition) is 3. The lowest BCUT2D eigenvalue weighted by Crippen LogP contribution is -2.40. The summed E-state index contributed by atoms with van der Waals surface area (Å²) in [5, 5.41) is 18.5. The highest BCUT2D eigenvalue weighted by Crippen LogP contribution is 2.39. The van der Waals surface area contributed by atoms with Gasteiger partial charge in [0.2, 0.25) is 5.91 Å². The van der Waals surface area contributed by atoms with Crippen LogP contribution in [0.5, 0.6) is 0 Å². The number of rotatable bonds is 2. The maximum atomic E-state index is 12.6. The predicted molar refractivity (Wildman–Crippen MR) is 76.7 cm³/mol.